The molecule has 2 saturated heterocycles. The lowest BCUT2D eigenvalue weighted by atomic mass is 9.79. The molecule has 3 N–H and O–H groups in total. The smallest absolute Gasteiger partial charge is 0.0841 e. The van der Waals surface area contributed by atoms with E-state index in [4.69, 9.17) is 10.5 Å². The quantitative estimate of drug-likeness (QED) is 0.835. The molecule has 2 heterocycles. The second-order valence-corrected chi connectivity index (χ2v) is 7.98. The third-order valence-corrected chi connectivity index (χ3v) is 5.30. The largest absolute Gasteiger partial charge is 0.368 e. The van der Waals surface area contributed by atoms with Gasteiger partial charge < -0.3 is 10.5 Å². The molecule has 0 aromatic rings. The van der Waals surface area contributed by atoms with Crippen LogP contribution in [0, 0.1) is 0 Å². The van der Waals surface area contributed by atoms with Gasteiger partial charge in [0.15, 0.2) is 0 Å². The minimum absolute atomic E-state index is 0.127. The lowest BCUT2D eigenvalue weighted by Gasteiger charge is -2.48. The fourth-order valence-electron chi connectivity index (χ4n) is 4.19. The molecule has 20 heavy (non-hydrogen) atoms. The molecule has 2 aliphatic heterocycles. The summed E-state index contributed by atoms with van der Waals surface area (Å²) in [5.41, 5.74) is 9.44. The fraction of sp³-hybridized carbons (Fsp3) is 1.00. The second kappa shape index (κ2) is 5.24. The Morgan fingerprint density at radius 3 is 2.10 bits per heavy atom. The molecule has 0 aromatic carbocycles. The number of nitrogens with zero attached hydrogens (tertiary/aromatic N) is 1. The average molecular weight is 283 g/mol. The molecule has 0 saturated carbocycles. The van der Waals surface area contributed by atoms with Crippen LogP contribution in [0.2, 0.25) is 0 Å². The Balaban J connectivity index is 2.23. The molecule has 4 heteroatoms. The summed E-state index contributed by atoms with van der Waals surface area (Å²) in [5.74, 6) is 0. The van der Waals surface area contributed by atoms with Gasteiger partial charge in [-0.15, -0.1) is 0 Å². The number of rotatable bonds is 3. The normalized spacial score (nSPS) is 41.0. The average Bonchev–Trinajstić information content (AvgIpc) is 2.49. The number of ether oxygens (including phenoxy) is 1. The van der Waals surface area contributed by atoms with Crippen molar-refractivity contribution in [2.45, 2.75) is 96.1 Å². The van der Waals surface area contributed by atoms with Crippen LogP contribution in [0.5, 0.6) is 0 Å². The summed E-state index contributed by atoms with van der Waals surface area (Å²) in [6.07, 6.45) is 4.77. The molecular weight excluding hydrogens is 250 g/mol. The highest BCUT2D eigenvalue weighted by molar-refractivity contribution is 5.12. The van der Waals surface area contributed by atoms with E-state index in [0.29, 0.717) is 18.6 Å². The van der Waals surface area contributed by atoms with Crippen molar-refractivity contribution in [3.05, 3.63) is 0 Å². The van der Waals surface area contributed by atoms with Gasteiger partial charge in [-0.3, -0.25) is 0 Å². The van der Waals surface area contributed by atoms with E-state index in [1.807, 2.05) is 0 Å². The molecular formula is C16H33N3O. The molecule has 4 nitrogen and oxygen atoms in total. The Kier molecular flexibility index (Phi) is 4.25. The summed E-state index contributed by atoms with van der Waals surface area (Å²) >= 11 is 0. The Labute approximate surface area is 124 Å². The van der Waals surface area contributed by atoms with Gasteiger partial charge in [-0.2, -0.15) is 0 Å². The molecule has 0 bridgehead atoms. The number of nitrogens with two attached hydrogens (primary N) is 1. The van der Waals surface area contributed by atoms with E-state index in [0.717, 1.165) is 6.42 Å². The van der Waals surface area contributed by atoms with Gasteiger partial charge in [-0.1, -0.05) is 6.42 Å². The van der Waals surface area contributed by atoms with Gasteiger partial charge in [0.1, 0.15) is 0 Å². The highest BCUT2D eigenvalue weighted by atomic mass is 16.5. The maximum absolute atomic E-state index is 6.29. The zero-order valence-electron chi connectivity index (χ0n) is 14.1. The molecule has 0 spiro atoms. The Morgan fingerprint density at radius 1 is 1.15 bits per heavy atom. The highest BCUT2D eigenvalue weighted by Crippen LogP contribution is 2.45. The van der Waals surface area contributed by atoms with E-state index < -0.39 is 0 Å². The van der Waals surface area contributed by atoms with Crippen molar-refractivity contribution in [1.82, 2.24) is 10.4 Å². The first kappa shape index (κ1) is 16.2. The van der Waals surface area contributed by atoms with Crippen molar-refractivity contribution < 1.29 is 4.74 Å². The standard InChI is InChI=1S/C16H33N3O/c1-12-8-7-9-13(2)19(12)18-16(11-17)10-14(3,4)20-15(16,5)6/h12-13,18H,7-11,17H2,1-6H3. The number of piperidine rings is 1. The van der Waals surface area contributed by atoms with E-state index >= 15 is 0 Å². The van der Waals surface area contributed by atoms with Crippen molar-refractivity contribution in [3.63, 3.8) is 0 Å². The van der Waals surface area contributed by atoms with Gasteiger partial charge in [0.2, 0.25) is 0 Å². The van der Waals surface area contributed by atoms with Crippen LogP contribution in [0.15, 0.2) is 0 Å². The van der Waals surface area contributed by atoms with E-state index in [1.165, 1.54) is 19.3 Å². The van der Waals surface area contributed by atoms with Gasteiger partial charge in [0, 0.05) is 18.6 Å². The first-order valence-corrected chi connectivity index (χ1v) is 8.09. The van der Waals surface area contributed by atoms with Crippen molar-refractivity contribution in [2.24, 2.45) is 5.73 Å². The van der Waals surface area contributed by atoms with E-state index in [-0.39, 0.29) is 16.7 Å². The molecule has 2 fully saturated rings. The summed E-state index contributed by atoms with van der Waals surface area (Å²) in [5, 5.41) is 2.43. The number of hydrogen-bond donors (Lipinski definition) is 2. The van der Waals surface area contributed by atoms with E-state index in [1.54, 1.807) is 0 Å². The minimum Gasteiger partial charge on any atom is -0.368 e. The number of nitrogens with one attached hydrogen (secondary N) is 1. The van der Waals surface area contributed by atoms with Crippen molar-refractivity contribution in [2.75, 3.05) is 6.54 Å². The van der Waals surface area contributed by atoms with E-state index in [2.05, 4.69) is 52.0 Å². The first-order valence-electron chi connectivity index (χ1n) is 8.09. The summed E-state index contributed by atoms with van der Waals surface area (Å²) < 4.78 is 6.29. The van der Waals surface area contributed by atoms with Crippen LogP contribution in [0.25, 0.3) is 0 Å². The van der Waals surface area contributed by atoms with Gasteiger partial charge in [0.05, 0.1) is 16.7 Å². The van der Waals surface area contributed by atoms with Crippen molar-refractivity contribution >= 4 is 0 Å². The van der Waals surface area contributed by atoms with Crippen LogP contribution >= 0.6 is 0 Å². The lowest BCUT2D eigenvalue weighted by Crippen LogP contribution is -2.69. The molecule has 0 amide bonds. The first-order chi connectivity index (χ1) is 9.12. The molecule has 0 aromatic heterocycles. The molecule has 3 unspecified atom stereocenters. The molecule has 2 aliphatic rings. The second-order valence-electron chi connectivity index (χ2n) is 7.98. The summed E-state index contributed by atoms with van der Waals surface area (Å²) in [6, 6.07) is 1.11. The maximum atomic E-state index is 6.29. The molecule has 0 aliphatic carbocycles. The predicted octanol–water partition coefficient (Wildman–Crippen LogP) is 2.43. The van der Waals surface area contributed by atoms with Crippen LogP contribution in [-0.2, 0) is 4.74 Å². The van der Waals surface area contributed by atoms with Crippen LogP contribution in [0.3, 0.4) is 0 Å². The Hall–Kier alpha value is -0.160. The topological polar surface area (TPSA) is 50.5 Å². The van der Waals surface area contributed by atoms with Crippen LogP contribution < -0.4 is 11.2 Å². The highest BCUT2D eigenvalue weighted by Gasteiger charge is 2.57. The zero-order chi connectivity index (χ0) is 15.2. The minimum atomic E-state index is -0.262. The maximum Gasteiger partial charge on any atom is 0.0841 e. The molecule has 118 valence electrons. The third-order valence-electron chi connectivity index (χ3n) is 5.30. The van der Waals surface area contributed by atoms with Gasteiger partial charge in [-0.25, -0.2) is 10.4 Å². The van der Waals surface area contributed by atoms with Crippen LogP contribution in [0.1, 0.15) is 67.2 Å². The molecule has 3 atom stereocenters. The molecule has 2 rings (SSSR count). The lowest BCUT2D eigenvalue weighted by molar-refractivity contribution is -0.101. The van der Waals surface area contributed by atoms with Gasteiger partial charge in [0.25, 0.3) is 0 Å². The van der Waals surface area contributed by atoms with Crippen molar-refractivity contribution in [3.8, 4) is 0 Å². The summed E-state index contributed by atoms with van der Waals surface area (Å²) in [7, 11) is 0. The fourth-order valence-corrected chi connectivity index (χ4v) is 4.19. The third kappa shape index (κ3) is 2.76. The van der Waals surface area contributed by atoms with Crippen molar-refractivity contribution in [1.29, 1.82) is 0 Å². The zero-order valence-corrected chi connectivity index (χ0v) is 14.1. The van der Waals surface area contributed by atoms with Gasteiger partial charge >= 0.3 is 0 Å². The monoisotopic (exact) mass is 283 g/mol. The Bertz CT molecular complexity index is 346. The van der Waals surface area contributed by atoms with Crippen LogP contribution in [-0.4, -0.2) is 40.4 Å². The van der Waals surface area contributed by atoms with Crippen LogP contribution in [0.4, 0.5) is 0 Å². The Morgan fingerprint density at radius 2 is 1.70 bits per heavy atom. The summed E-state index contributed by atoms with van der Waals surface area (Å²) in [6.45, 7) is 13.9. The predicted molar refractivity (Wildman–Crippen MR) is 83.4 cm³/mol. The molecule has 0 radical (unpaired) electrons. The van der Waals surface area contributed by atoms with Gasteiger partial charge in [-0.05, 0) is 60.8 Å². The number of hydrogen-bond acceptors (Lipinski definition) is 4. The summed E-state index contributed by atoms with van der Waals surface area (Å²) in [4.78, 5) is 0. The SMILES string of the molecule is CC1CCCC(C)N1NC1(CN)CC(C)(C)OC1(C)C. The van der Waals surface area contributed by atoms with E-state index in [9.17, 15) is 0 Å². The number of hydrazine groups is 1.